The molecule has 2 aromatic carbocycles. The molecule has 1 heterocycles. The maximum absolute atomic E-state index is 12.3. The van der Waals surface area contributed by atoms with Crippen LogP contribution in [0, 0.1) is 0 Å². The number of rotatable bonds is 5. The molecule has 2 aromatic rings. The van der Waals surface area contributed by atoms with E-state index >= 15 is 0 Å². The SMILES string of the molecule is COc1cc(OC)cc(C(=O)N/N=C(\C)c2ccc3c(c2)OCO3)c1. The van der Waals surface area contributed by atoms with Gasteiger partial charge >= 0.3 is 0 Å². The van der Waals surface area contributed by atoms with Crippen molar-refractivity contribution in [1.29, 1.82) is 0 Å². The van der Waals surface area contributed by atoms with E-state index in [2.05, 4.69) is 10.5 Å². The molecule has 0 unspecified atom stereocenters. The van der Waals surface area contributed by atoms with E-state index in [0.717, 1.165) is 5.56 Å². The molecule has 1 aliphatic heterocycles. The van der Waals surface area contributed by atoms with Gasteiger partial charge in [-0.2, -0.15) is 5.10 Å². The van der Waals surface area contributed by atoms with Gasteiger partial charge in [0.05, 0.1) is 19.9 Å². The highest BCUT2D eigenvalue weighted by Gasteiger charge is 2.14. The fourth-order valence-electron chi connectivity index (χ4n) is 2.32. The summed E-state index contributed by atoms with van der Waals surface area (Å²) in [5, 5.41) is 4.15. The molecule has 0 aliphatic carbocycles. The third-order valence-electron chi connectivity index (χ3n) is 3.73. The fraction of sp³-hybridized carbons (Fsp3) is 0.222. The van der Waals surface area contributed by atoms with Crippen LogP contribution in [-0.4, -0.2) is 32.6 Å². The molecule has 0 atom stereocenters. The monoisotopic (exact) mass is 342 g/mol. The van der Waals surface area contributed by atoms with Gasteiger partial charge in [0.1, 0.15) is 11.5 Å². The summed E-state index contributed by atoms with van der Waals surface area (Å²) in [4.78, 5) is 12.3. The zero-order valence-corrected chi connectivity index (χ0v) is 14.2. The number of carbonyl (C=O) groups excluding carboxylic acids is 1. The minimum Gasteiger partial charge on any atom is -0.497 e. The van der Waals surface area contributed by atoms with Gasteiger partial charge in [0.15, 0.2) is 11.5 Å². The Hall–Kier alpha value is -3.22. The molecule has 1 aliphatic rings. The highest BCUT2D eigenvalue weighted by atomic mass is 16.7. The first-order valence-corrected chi connectivity index (χ1v) is 7.58. The van der Waals surface area contributed by atoms with E-state index in [9.17, 15) is 4.79 Å². The normalized spacial score (nSPS) is 12.7. The lowest BCUT2D eigenvalue weighted by Gasteiger charge is -2.08. The number of fused-ring (bicyclic) bond motifs is 1. The molecule has 1 N–H and O–H groups in total. The van der Waals surface area contributed by atoms with Gasteiger partial charge in [-0.1, -0.05) is 0 Å². The summed E-state index contributed by atoms with van der Waals surface area (Å²) in [6.45, 7) is 2.01. The second-order valence-corrected chi connectivity index (χ2v) is 5.31. The number of nitrogens with zero attached hydrogens (tertiary/aromatic N) is 1. The number of hydrogen-bond donors (Lipinski definition) is 1. The Balaban J connectivity index is 1.75. The highest BCUT2D eigenvalue weighted by Crippen LogP contribution is 2.32. The number of nitrogens with one attached hydrogen (secondary N) is 1. The molecule has 25 heavy (non-hydrogen) atoms. The molecular formula is C18H18N2O5. The standard InChI is InChI=1S/C18H18N2O5/c1-11(12-4-5-16-17(8-12)25-10-24-16)19-20-18(21)13-6-14(22-2)9-15(7-13)23-3/h4-9H,10H2,1-3H3,(H,20,21)/b19-11+. The molecule has 3 rings (SSSR count). The van der Waals surface area contributed by atoms with Crippen molar-refractivity contribution in [3.05, 3.63) is 47.5 Å². The van der Waals surface area contributed by atoms with Crippen LogP contribution in [0.4, 0.5) is 0 Å². The van der Waals surface area contributed by atoms with Gasteiger partial charge in [-0.25, -0.2) is 5.43 Å². The number of amides is 1. The summed E-state index contributed by atoms with van der Waals surface area (Å²) in [6.07, 6.45) is 0. The smallest absolute Gasteiger partial charge is 0.271 e. The average Bonchev–Trinajstić information content (AvgIpc) is 3.12. The first-order chi connectivity index (χ1) is 12.1. The van der Waals surface area contributed by atoms with Crippen molar-refractivity contribution in [2.75, 3.05) is 21.0 Å². The zero-order chi connectivity index (χ0) is 17.8. The van der Waals surface area contributed by atoms with Crippen molar-refractivity contribution in [2.45, 2.75) is 6.92 Å². The molecule has 7 heteroatoms. The van der Waals surface area contributed by atoms with Gasteiger partial charge in [0, 0.05) is 17.2 Å². The Morgan fingerprint density at radius 1 is 1.00 bits per heavy atom. The van der Waals surface area contributed by atoms with Gasteiger partial charge in [0.25, 0.3) is 5.91 Å². The van der Waals surface area contributed by atoms with E-state index < -0.39 is 0 Å². The van der Waals surface area contributed by atoms with E-state index in [0.29, 0.717) is 34.3 Å². The van der Waals surface area contributed by atoms with Gasteiger partial charge in [0.2, 0.25) is 6.79 Å². The molecule has 0 saturated carbocycles. The summed E-state index contributed by atoms with van der Waals surface area (Å²) in [7, 11) is 3.05. The predicted octanol–water partition coefficient (Wildman–Crippen LogP) is 2.59. The third kappa shape index (κ3) is 3.65. The summed E-state index contributed by atoms with van der Waals surface area (Å²) in [5.41, 5.74) is 4.39. The van der Waals surface area contributed by atoms with Crippen LogP contribution in [-0.2, 0) is 0 Å². The molecule has 7 nitrogen and oxygen atoms in total. The topological polar surface area (TPSA) is 78.4 Å². The number of ether oxygens (including phenoxy) is 4. The Morgan fingerprint density at radius 2 is 1.68 bits per heavy atom. The van der Waals surface area contributed by atoms with Crippen LogP contribution in [0.5, 0.6) is 23.0 Å². The minimum absolute atomic E-state index is 0.212. The van der Waals surface area contributed by atoms with Crippen LogP contribution in [0.15, 0.2) is 41.5 Å². The van der Waals surface area contributed by atoms with Gasteiger partial charge in [-0.05, 0) is 37.3 Å². The lowest BCUT2D eigenvalue weighted by molar-refractivity contribution is 0.0954. The van der Waals surface area contributed by atoms with E-state index in [4.69, 9.17) is 18.9 Å². The first kappa shape index (κ1) is 16.6. The van der Waals surface area contributed by atoms with Gasteiger partial charge in [-0.3, -0.25) is 4.79 Å². The van der Waals surface area contributed by atoms with E-state index in [1.54, 1.807) is 25.1 Å². The molecule has 0 fully saturated rings. The fourth-order valence-corrected chi connectivity index (χ4v) is 2.32. The lowest BCUT2D eigenvalue weighted by Crippen LogP contribution is -2.19. The second-order valence-electron chi connectivity index (χ2n) is 5.31. The van der Waals surface area contributed by atoms with E-state index in [1.165, 1.54) is 14.2 Å². The second kappa shape index (κ2) is 7.12. The zero-order valence-electron chi connectivity index (χ0n) is 14.2. The Bertz CT molecular complexity index is 810. The number of carbonyl (C=O) groups is 1. The molecule has 0 spiro atoms. The predicted molar refractivity (Wildman–Crippen MR) is 91.8 cm³/mol. The van der Waals surface area contributed by atoms with Crippen molar-refractivity contribution >= 4 is 11.6 Å². The van der Waals surface area contributed by atoms with Crippen LogP contribution in [0.3, 0.4) is 0 Å². The molecule has 1 amide bonds. The Kier molecular flexibility index (Phi) is 4.74. The lowest BCUT2D eigenvalue weighted by atomic mass is 10.1. The Labute approximate surface area is 145 Å². The Morgan fingerprint density at radius 3 is 2.36 bits per heavy atom. The molecule has 0 radical (unpaired) electrons. The highest BCUT2D eigenvalue weighted by molar-refractivity contribution is 6.01. The molecule has 0 bridgehead atoms. The van der Waals surface area contributed by atoms with Gasteiger partial charge in [-0.15, -0.1) is 0 Å². The van der Waals surface area contributed by atoms with Crippen molar-refractivity contribution in [3.8, 4) is 23.0 Å². The van der Waals surface area contributed by atoms with Crippen LogP contribution in [0.2, 0.25) is 0 Å². The van der Waals surface area contributed by atoms with Crippen LogP contribution in [0.25, 0.3) is 0 Å². The summed E-state index contributed by atoms with van der Waals surface area (Å²) in [6, 6.07) is 10.4. The molecular weight excluding hydrogens is 324 g/mol. The molecule has 0 saturated heterocycles. The minimum atomic E-state index is -0.364. The van der Waals surface area contributed by atoms with Crippen molar-refractivity contribution < 1.29 is 23.7 Å². The van der Waals surface area contributed by atoms with Crippen LogP contribution >= 0.6 is 0 Å². The van der Waals surface area contributed by atoms with E-state index in [-0.39, 0.29) is 12.7 Å². The van der Waals surface area contributed by atoms with E-state index in [1.807, 2.05) is 18.2 Å². The largest absolute Gasteiger partial charge is 0.497 e. The molecule has 130 valence electrons. The maximum Gasteiger partial charge on any atom is 0.271 e. The first-order valence-electron chi connectivity index (χ1n) is 7.58. The van der Waals surface area contributed by atoms with Crippen LogP contribution in [0.1, 0.15) is 22.8 Å². The third-order valence-corrected chi connectivity index (χ3v) is 3.73. The number of hydrazone groups is 1. The van der Waals surface area contributed by atoms with Crippen molar-refractivity contribution in [3.63, 3.8) is 0 Å². The van der Waals surface area contributed by atoms with Crippen molar-refractivity contribution in [2.24, 2.45) is 5.10 Å². The maximum atomic E-state index is 12.3. The quantitative estimate of drug-likeness (QED) is 0.667. The van der Waals surface area contributed by atoms with Gasteiger partial charge < -0.3 is 18.9 Å². The number of methoxy groups -OCH3 is 2. The summed E-state index contributed by atoms with van der Waals surface area (Å²) in [5.74, 6) is 2.05. The summed E-state index contributed by atoms with van der Waals surface area (Å²) >= 11 is 0. The number of benzene rings is 2. The average molecular weight is 342 g/mol. The van der Waals surface area contributed by atoms with Crippen molar-refractivity contribution in [1.82, 2.24) is 5.43 Å². The summed E-state index contributed by atoms with van der Waals surface area (Å²) < 4.78 is 20.9. The van der Waals surface area contributed by atoms with Crippen LogP contribution < -0.4 is 24.4 Å². The molecule has 0 aromatic heterocycles. The number of hydrogen-bond acceptors (Lipinski definition) is 6.